The first-order chi connectivity index (χ1) is 8.71. The Bertz CT molecular complexity index is 581. The van der Waals surface area contributed by atoms with Crippen molar-refractivity contribution in [2.24, 2.45) is 0 Å². The van der Waals surface area contributed by atoms with Gasteiger partial charge in [0.25, 0.3) is 0 Å². The van der Waals surface area contributed by atoms with Crippen LogP contribution in [-0.4, -0.2) is 36.4 Å². The van der Waals surface area contributed by atoms with E-state index in [1.807, 2.05) is 0 Å². The molecule has 1 aromatic carbocycles. The van der Waals surface area contributed by atoms with Gasteiger partial charge in [-0.15, -0.1) is 0 Å². The van der Waals surface area contributed by atoms with E-state index in [-0.39, 0.29) is 28.7 Å². The summed E-state index contributed by atoms with van der Waals surface area (Å²) >= 11 is 0. The van der Waals surface area contributed by atoms with Crippen LogP contribution in [0.15, 0.2) is 23.1 Å². The maximum absolute atomic E-state index is 12.5. The van der Waals surface area contributed by atoms with Crippen molar-refractivity contribution in [2.45, 2.75) is 31.7 Å². The molecule has 106 valence electrons. The molecule has 0 aliphatic heterocycles. The summed E-state index contributed by atoms with van der Waals surface area (Å²) in [4.78, 5) is 10.9. The number of hydrogen-bond acceptors (Lipinski definition) is 4. The van der Waals surface area contributed by atoms with Crippen LogP contribution in [0.1, 0.15) is 31.1 Å². The number of nitrogens with two attached hydrogens (primary N) is 1. The molecule has 0 aliphatic rings. The monoisotopic (exact) mass is 286 g/mol. The van der Waals surface area contributed by atoms with Gasteiger partial charge in [0.05, 0.1) is 10.5 Å². The molecule has 0 fully saturated rings. The first-order valence-electron chi connectivity index (χ1n) is 5.86. The van der Waals surface area contributed by atoms with Crippen molar-refractivity contribution < 1.29 is 18.3 Å². The molecule has 1 aromatic rings. The molecule has 1 rings (SSSR count). The Morgan fingerprint density at radius 2 is 2.00 bits per heavy atom. The Morgan fingerprint density at radius 3 is 2.42 bits per heavy atom. The van der Waals surface area contributed by atoms with Gasteiger partial charge in [-0.3, -0.25) is 0 Å². The van der Waals surface area contributed by atoms with Crippen LogP contribution in [0.25, 0.3) is 0 Å². The molecule has 0 atom stereocenters. The number of nitrogen functional groups attached to an aromatic ring is 1. The molecule has 0 heterocycles. The van der Waals surface area contributed by atoms with Crippen LogP contribution in [-0.2, 0) is 10.0 Å². The molecular formula is C12H18N2O4S. The minimum atomic E-state index is -3.85. The third kappa shape index (κ3) is 3.05. The third-order valence-corrected chi connectivity index (χ3v) is 4.92. The predicted molar refractivity (Wildman–Crippen MR) is 72.5 cm³/mol. The van der Waals surface area contributed by atoms with Crippen molar-refractivity contribution in [1.82, 2.24) is 4.31 Å². The molecule has 6 nitrogen and oxygen atoms in total. The minimum Gasteiger partial charge on any atom is -0.478 e. The summed E-state index contributed by atoms with van der Waals surface area (Å²) in [6.45, 7) is 5.44. The lowest BCUT2D eigenvalue weighted by Crippen LogP contribution is -2.37. The first kappa shape index (κ1) is 15.5. The Balaban J connectivity index is 3.48. The van der Waals surface area contributed by atoms with Crippen molar-refractivity contribution in [2.75, 3.05) is 12.3 Å². The van der Waals surface area contributed by atoms with Crippen LogP contribution < -0.4 is 5.73 Å². The summed E-state index contributed by atoms with van der Waals surface area (Å²) < 4.78 is 26.2. The van der Waals surface area contributed by atoms with Crippen molar-refractivity contribution in [3.8, 4) is 0 Å². The summed E-state index contributed by atoms with van der Waals surface area (Å²) in [5.74, 6) is -1.31. The molecule has 0 radical (unpaired) electrons. The summed E-state index contributed by atoms with van der Waals surface area (Å²) in [7, 11) is -3.85. The molecule has 0 aliphatic carbocycles. The number of aromatic carboxylic acids is 1. The molecule has 19 heavy (non-hydrogen) atoms. The van der Waals surface area contributed by atoms with Gasteiger partial charge in [0.15, 0.2) is 0 Å². The number of nitrogens with zero attached hydrogens (tertiary/aromatic N) is 1. The highest BCUT2D eigenvalue weighted by Gasteiger charge is 2.29. The van der Waals surface area contributed by atoms with E-state index in [1.165, 1.54) is 16.4 Å². The molecule has 0 spiro atoms. The lowest BCUT2D eigenvalue weighted by Gasteiger charge is -2.25. The second-order valence-corrected chi connectivity index (χ2v) is 6.22. The van der Waals surface area contributed by atoms with Crippen LogP contribution in [0.5, 0.6) is 0 Å². The zero-order valence-corrected chi connectivity index (χ0v) is 11.9. The molecule has 0 bridgehead atoms. The Labute approximate surface area is 112 Å². The van der Waals surface area contributed by atoms with Gasteiger partial charge in [0.1, 0.15) is 0 Å². The fourth-order valence-corrected chi connectivity index (χ4v) is 3.69. The minimum absolute atomic E-state index is 0.212. The molecule has 0 aromatic heterocycles. The number of carbonyl (C=O) groups is 1. The summed E-state index contributed by atoms with van der Waals surface area (Å²) in [5.41, 5.74) is 5.41. The van der Waals surface area contributed by atoms with Gasteiger partial charge in [0, 0.05) is 18.3 Å². The average Bonchev–Trinajstić information content (AvgIpc) is 2.28. The number of rotatable bonds is 5. The maximum atomic E-state index is 12.5. The lowest BCUT2D eigenvalue weighted by atomic mass is 10.2. The van der Waals surface area contributed by atoms with Crippen LogP contribution in [0.3, 0.4) is 0 Å². The molecule has 0 saturated heterocycles. The van der Waals surface area contributed by atoms with Crippen LogP contribution in [0.2, 0.25) is 0 Å². The molecule has 0 amide bonds. The van der Waals surface area contributed by atoms with Gasteiger partial charge < -0.3 is 10.8 Å². The average molecular weight is 286 g/mol. The summed E-state index contributed by atoms with van der Waals surface area (Å²) in [6, 6.07) is 3.52. The Morgan fingerprint density at radius 1 is 1.42 bits per heavy atom. The van der Waals surface area contributed by atoms with Crippen LogP contribution >= 0.6 is 0 Å². The molecule has 7 heteroatoms. The van der Waals surface area contributed by atoms with Crippen molar-refractivity contribution in [3.05, 3.63) is 23.8 Å². The van der Waals surface area contributed by atoms with Gasteiger partial charge in [-0.25, -0.2) is 13.2 Å². The van der Waals surface area contributed by atoms with E-state index in [0.29, 0.717) is 0 Å². The number of carboxylic acids is 1. The first-order valence-corrected chi connectivity index (χ1v) is 7.30. The van der Waals surface area contributed by atoms with E-state index in [4.69, 9.17) is 10.8 Å². The van der Waals surface area contributed by atoms with Crippen LogP contribution in [0, 0.1) is 0 Å². The topological polar surface area (TPSA) is 101 Å². The normalized spacial score (nSPS) is 12.1. The van der Waals surface area contributed by atoms with Gasteiger partial charge in [-0.2, -0.15) is 4.31 Å². The SMILES string of the molecule is CCN(C(C)C)S(=O)(=O)c1ccc(N)cc1C(=O)O. The molecule has 0 unspecified atom stereocenters. The second kappa shape index (κ2) is 5.58. The fraction of sp³-hybridized carbons (Fsp3) is 0.417. The van der Waals surface area contributed by atoms with Gasteiger partial charge in [-0.1, -0.05) is 6.92 Å². The lowest BCUT2D eigenvalue weighted by molar-refractivity contribution is 0.0692. The molecule has 0 saturated carbocycles. The van der Waals surface area contributed by atoms with Gasteiger partial charge in [-0.05, 0) is 32.0 Å². The maximum Gasteiger partial charge on any atom is 0.337 e. The zero-order valence-electron chi connectivity index (χ0n) is 11.1. The third-order valence-electron chi connectivity index (χ3n) is 2.71. The molecular weight excluding hydrogens is 268 g/mol. The van der Waals surface area contributed by atoms with E-state index in [1.54, 1.807) is 20.8 Å². The number of carboxylic acid groups (broad SMARTS) is 1. The standard InChI is InChI=1S/C12H18N2O4S/c1-4-14(8(2)3)19(17,18)11-6-5-9(13)7-10(11)12(15)16/h5-8H,4,13H2,1-3H3,(H,15,16). The number of anilines is 1. The Kier molecular flexibility index (Phi) is 4.54. The predicted octanol–water partition coefficient (Wildman–Crippen LogP) is 1.39. The van der Waals surface area contributed by atoms with Crippen molar-refractivity contribution >= 4 is 21.7 Å². The number of hydrogen-bond donors (Lipinski definition) is 2. The summed E-state index contributed by atoms with van der Waals surface area (Å²) in [5, 5.41) is 9.11. The number of sulfonamides is 1. The van der Waals surface area contributed by atoms with Crippen LogP contribution in [0.4, 0.5) is 5.69 Å². The second-order valence-electron chi connectivity index (χ2n) is 4.36. The summed E-state index contributed by atoms with van der Waals surface area (Å²) in [6.07, 6.45) is 0. The zero-order chi connectivity index (χ0) is 14.8. The van der Waals surface area contributed by atoms with E-state index < -0.39 is 16.0 Å². The highest BCUT2D eigenvalue weighted by molar-refractivity contribution is 7.89. The van der Waals surface area contributed by atoms with Gasteiger partial charge in [0.2, 0.25) is 10.0 Å². The molecule has 3 N–H and O–H groups in total. The van der Waals surface area contributed by atoms with Crippen molar-refractivity contribution in [3.63, 3.8) is 0 Å². The van der Waals surface area contributed by atoms with Gasteiger partial charge >= 0.3 is 5.97 Å². The van der Waals surface area contributed by atoms with E-state index in [0.717, 1.165) is 6.07 Å². The largest absolute Gasteiger partial charge is 0.478 e. The smallest absolute Gasteiger partial charge is 0.337 e. The Hall–Kier alpha value is -1.60. The number of benzene rings is 1. The fourth-order valence-electron chi connectivity index (χ4n) is 1.88. The highest BCUT2D eigenvalue weighted by atomic mass is 32.2. The quantitative estimate of drug-likeness (QED) is 0.796. The highest BCUT2D eigenvalue weighted by Crippen LogP contribution is 2.24. The van der Waals surface area contributed by atoms with Crippen molar-refractivity contribution in [1.29, 1.82) is 0 Å². The van der Waals surface area contributed by atoms with E-state index in [9.17, 15) is 13.2 Å². The van der Waals surface area contributed by atoms with E-state index >= 15 is 0 Å². The van der Waals surface area contributed by atoms with E-state index in [2.05, 4.69) is 0 Å².